The number of alkyl halides is 2. The van der Waals surface area contributed by atoms with Gasteiger partial charge >= 0.3 is 6.03 Å². The van der Waals surface area contributed by atoms with Crippen molar-refractivity contribution in [3.8, 4) is 5.75 Å². The van der Waals surface area contributed by atoms with E-state index in [1.807, 2.05) is 0 Å². The lowest BCUT2D eigenvalue weighted by atomic mass is 9.56. The van der Waals surface area contributed by atoms with Crippen molar-refractivity contribution in [2.24, 2.45) is 23.5 Å². The number of fused-ring (bicyclic) bond motifs is 4. The maximum atomic E-state index is 13.4. The van der Waals surface area contributed by atoms with Crippen molar-refractivity contribution in [2.45, 2.75) is 35.4 Å². The molecule has 6 atom stereocenters. The van der Waals surface area contributed by atoms with Gasteiger partial charge in [0.25, 0.3) is 11.8 Å². The number of urea groups is 1. The number of allylic oxidation sites excluding steroid dienone is 2. The molecule has 0 spiro atoms. The van der Waals surface area contributed by atoms with Gasteiger partial charge in [-0.25, -0.2) is 4.79 Å². The Balaban J connectivity index is 1.76. The summed E-state index contributed by atoms with van der Waals surface area (Å²) < 4.78 is 0. The second-order valence-electron chi connectivity index (χ2n) is 9.36. The molecule has 2 aliphatic heterocycles. The molecule has 2 heterocycles. The quantitative estimate of drug-likeness (QED) is 0.338. The van der Waals surface area contributed by atoms with Gasteiger partial charge in [0, 0.05) is 18.5 Å². The second kappa shape index (κ2) is 7.05. The van der Waals surface area contributed by atoms with Crippen molar-refractivity contribution in [3.05, 3.63) is 41.0 Å². The Morgan fingerprint density at radius 1 is 1.12 bits per heavy atom. The van der Waals surface area contributed by atoms with Gasteiger partial charge in [0.05, 0.1) is 11.8 Å². The first kappa shape index (κ1) is 22.9. The van der Waals surface area contributed by atoms with Crippen molar-refractivity contribution in [2.75, 3.05) is 7.05 Å². The third kappa shape index (κ3) is 2.49. The molecule has 3 fully saturated rings. The van der Waals surface area contributed by atoms with Crippen molar-refractivity contribution in [3.63, 3.8) is 0 Å². The number of carbonyl (C=O) groups is 5. The number of imide groups is 4. The van der Waals surface area contributed by atoms with Crippen molar-refractivity contribution in [1.82, 2.24) is 9.80 Å². The standard InChI is InChI=1S/C23H21Cl2N3O6/c1-9-4-3-5-12(16(9)29)15-10-6-7-11-14(18(31)28(17(11)30)21(26)34)13(10)8-22(24)19(32)27(2)20(33)23(15,22)25/h3-6,11,13-15,29H,7-8H2,1-2H3,(H2,26,34)/t11-,13+,14-,15+,22+,23-/m0/s1. The maximum absolute atomic E-state index is 13.4. The lowest BCUT2D eigenvalue weighted by Gasteiger charge is -2.50. The minimum absolute atomic E-state index is 0.105. The molecular weight excluding hydrogens is 485 g/mol. The van der Waals surface area contributed by atoms with Gasteiger partial charge in [-0.1, -0.05) is 29.8 Å². The van der Waals surface area contributed by atoms with Gasteiger partial charge in [-0.2, -0.15) is 4.90 Å². The van der Waals surface area contributed by atoms with Gasteiger partial charge in [-0.15, -0.1) is 23.2 Å². The first-order valence-electron chi connectivity index (χ1n) is 10.7. The van der Waals surface area contributed by atoms with Crippen molar-refractivity contribution in [1.29, 1.82) is 0 Å². The fourth-order valence-electron chi connectivity index (χ4n) is 6.22. The van der Waals surface area contributed by atoms with Crippen molar-refractivity contribution < 1.29 is 29.1 Å². The van der Waals surface area contributed by atoms with Gasteiger partial charge in [0.2, 0.25) is 11.8 Å². The summed E-state index contributed by atoms with van der Waals surface area (Å²) in [6.45, 7) is 1.68. The van der Waals surface area contributed by atoms with Gasteiger partial charge in [0.1, 0.15) is 5.75 Å². The summed E-state index contributed by atoms with van der Waals surface area (Å²) >= 11 is 14.0. The summed E-state index contributed by atoms with van der Waals surface area (Å²) in [6.07, 6.45) is 1.62. The zero-order valence-electron chi connectivity index (χ0n) is 18.2. The molecule has 34 heavy (non-hydrogen) atoms. The Bertz CT molecular complexity index is 1250. The van der Waals surface area contributed by atoms with Gasteiger partial charge in [-0.05, 0) is 31.2 Å². The molecular formula is C23H21Cl2N3O6. The Morgan fingerprint density at radius 3 is 2.44 bits per heavy atom. The number of hydrogen-bond acceptors (Lipinski definition) is 6. The highest BCUT2D eigenvalue weighted by Gasteiger charge is 2.76. The number of halogens is 2. The monoisotopic (exact) mass is 505 g/mol. The van der Waals surface area contributed by atoms with Gasteiger partial charge in [-0.3, -0.25) is 24.1 Å². The highest BCUT2D eigenvalue weighted by atomic mass is 35.5. The van der Waals surface area contributed by atoms with Crippen molar-refractivity contribution >= 4 is 52.9 Å². The number of nitrogens with zero attached hydrogens (tertiary/aromatic N) is 2. The van der Waals surface area contributed by atoms with E-state index in [4.69, 9.17) is 28.9 Å². The van der Waals surface area contributed by atoms with Crippen LogP contribution in [0.2, 0.25) is 0 Å². The Hall–Kier alpha value is -2.91. The van der Waals surface area contributed by atoms with Crippen LogP contribution in [0.15, 0.2) is 29.8 Å². The average Bonchev–Trinajstić information content (AvgIpc) is 3.11. The number of aryl methyl sites for hydroxylation is 1. The third-order valence-electron chi connectivity index (χ3n) is 7.81. The van der Waals surface area contributed by atoms with E-state index in [0.717, 1.165) is 4.90 Å². The zero-order valence-corrected chi connectivity index (χ0v) is 19.8. The Morgan fingerprint density at radius 2 is 1.79 bits per heavy atom. The first-order valence-corrected chi connectivity index (χ1v) is 11.5. The maximum Gasteiger partial charge on any atom is 0.328 e. The molecule has 0 bridgehead atoms. The minimum atomic E-state index is -1.98. The molecule has 4 aliphatic rings. The number of hydrogen-bond donors (Lipinski definition) is 2. The van der Waals surface area contributed by atoms with E-state index in [1.165, 1.54) is 7.05 Å². The molecule has 0 aromatic heterocycles. The Labute approximate surface area is 204 Å². The number of likely N-dealkylation sites (tertiary alicyclic amines) is 2. The van der Waals surface area contributed by atoms with E-state index in [1.54, 1.807) is 31.2 Å². The summed E-state index contributed by atoms with van der Waals surface area (Å²) in [4.78, 5) is 61.9. The molecule has 3 N–H and O–H groups in total. The molecule has 1 aromatic carbocycles. The SMILES string of the molecule is Cc1cccc([C@H]2C3=CC[C@@H]4C(=O)N(C(N)=O)C(=O)[C@@H]4[C@@H]3C[C@@]3(Cl)C(=O)N(C)C(=O)[C@@]23Cl)c1O. The molecule has 5 rings (SSSR count). The molecule has 1 saturated carbocycles. The van der Waals surface area contributed by atoms with E-state index in [2.05, 4.69) is 0 Å². The van der Waals surface area contributed by atoms with E-state index in [0.29, 0.717) is 16.0 Å². The minimum Gasteiger partial charge on any atom is -0.507 e. The number of phenols is 1. The number of para-hydroxylation sites is 1. The van der Waals surface area contributed by atoms with E-state index in [-0.39, 0.29) is 24.2 Å². The lowest BCUT2D eigenvalue weighted by molar-refractivity contribution is -0.139. The van der Waals surface area contributed by atoms with Gasteiger partial charge < -0.3 is 10.8 Å². The second-order valence-corrected chi connectivity index (χ2v) is 10.6. The highest BCUT2D eigenvalue weighted by Crippen LogP contribution is 2.66. The number of carbonyl (C=O) groups excluding carboxylic acids is 5. The van der Waals surface area contributed by atoms with Crippen LogP contribution in [0, 0.1) is 24.7 Å². The van der Waals surface area contributed by atoms with Crippen LogP contribution in [0.1, 0.15) is 29.9 Å². The van der Waals surface area contributed by atoms with Crippen LogP contribution in [0.4, 0.5) is 4.79 Å². The number of aromatic hydroxyl groups is 1. The number of primary amides is 1. The molecule has 9 nitrogen and oxygen atoms in total. The summed E-state index contributed by atoms with van der Waals surface area (Å²) in [6, 6.07) is 3.78. The smallest absolute Gasteiger partial charge is 0.328 e. The van der Waals surface area contributed by atoms with E-state index in [9.17, 15) is 29.1 Å². The molecule has 1 aromatic rings. The van der Waals surface area contributed by atoms with Gasteiger partial charge in [0.15, 0.2) is 9.75 Å². The first-order chi connectivity index (χ1) is 15.9. The van der Waals surface area contributed by atoms with Crippen LogP contribution in [0.5, 0.6) is 5.75 Å². The predicted molar refractivity (Wildman–Crippen MR) is 120 cm³/mol. The zero-order chi connectivity index (χ0) is 24.9. The van der Waals surface area contributed by atoms with E-state index >= 15 is 0 Å². The average molecular weight is 506 g/mol. The number of benzene rings is 1. The lowest BCUT2D eigenvalue weighted by Crippen LogP contribution is -2.60. The number of phenolic OH excluding ortho intramolecular Hbond substituents is 1. The van der Waals surface area contributed by atoms with Crippen LogP contribution in [0.3, 0.4) is 0 Å². The summed E-state index contributed by atoms with van der Waals surface area (Å²) in [5, 5.41) is 10.9. The number of rotatable bonds is 1. The molecule has 2 aliphatic carbocycles. The fourth-order valence-corrected chi connectivity index (χ4v) is 7.23. The molecule has 178 valence electrons. The van der Waals surface area contributed by atoms with Crippen LogP contribution in [-0.4, -0.2) is 61.4 Å². The molecule has 6 amide bonds. The topological polar surface area (TPSA) is 138 Å². The van der Waals surface area contributed by atoms with Crippen LogP contribution in [0.25, 0.3) is 0 Å². The summed E-state index contributed by atoms with van der Waals surface area (Å²) in [5.74, 6) is -6.71. The molecule has 0 unspecified atom stereocenters. The fraction of sp³-hybridized carbons (Fsp3) is 0.435. The largest absolute Gasteiger partial charge is 0.507 e. The van der Waals surface area contributed by atoms with Crippen LogP contribution >= 0.6 is 23.2 Å². The van der Waals surface area contributed by atoms with E-state index < -0.39 is 63.1 Å². The summed E-state index contributed by atoms with van der Waals surface area (Å²) in [5.41, 5.74) is 6.62. The van der Waals surface area contributed by atoms with Crippen LogP contribution < -0.4 is 5.73 Å². The Kier molecular flexibility index (Phi) is 4.74. The molecule has 2 saturated heterocycles. The normalized spacial score (nSPS) is 36.9. The van der Waals surface area contributed by atoms with Crippen LogP contribution in [-0.2, 0) is 19.2 Å². The number of nitrogens with two attached hydrogens (primary N) is 1. The highest BCUT2D eigenvalue weighted by molar-refractivity contribution is 6.53. The third-order valence-corrected chi connectivity index (χ3v) is 9.23. The molecule has 0 radical (unpaired) electrons. The predicted octanol–water partition coefficient (Wildman–Crippen LogP) is 1.77. The number of amides is 6. The molecule has 11 heteroatoms. The summed E-state index contributed by atoms with van der Waals surface area (Å²) in [7, 11) is 1.28.